The van der Waals surface area contributed by atoms with E-state index in [1.807, 2.05) is 55.5 Å². The van der Waals surface area contributed by atoms with Gasteiger partial charge < -0.3 is 21.3 Å². The van der Waals surface area contributed by atoms with Gasteiger partial charge in [-0.05, 0) is 80.0 Å². The summed E-state index contributed by atoms with van der Waals surface area (Å²) in [5, 5.41) is 27.6. The van der Waals surface area contributed by atoms with Gasteiger partial charge in [0.15, 0.2) is 0 Å². The SMILES string of the molecule is Cc1ccc(-c2cc3cnc(Nc4ccc(NC5CCNC5)cc4)nc3n(CC3=NN=NC3C3CCNC3)c2=O)c(Cl)c1. The van der Waals surface area contributed by atoms with E-state index in [1.54, 1.807) is 10.8 Å². The summed E-state index contributed by atoms with van der Waals surface area (Å²) in [6.07, 6.45) is 3.83. The molecule has 2 saturated heterocycles. The zero-order chi connectivity index (χ0) is 29.3. The Morgan fingerprint density at radius 1 is 1.00 bits per heavy atom. The van der Waals surface area contributed by atoms with Gasteiger partial charge in [0.2, 0.25) is 5.95 Å². The van der Waals surface area contributed by atoms with Crippen LogP contribution in [-0.4, -0.2) is 58.5 Å². The van der Waals surface area contributed by atoms with Crippen LogP contribution in [0.25, 0.3) is 22.2 Å². The van der Waals surface area contributed by atoms with E-state index in [4.69, 9.17) is 16.6 Å². The summed E-state index contributed by atoms with van der Waals surface area (Å²) in [5.41, 5.74) is 5.11. The van der Waals surface area contributed by atoms with Crippen LogP contribution in [0.5, 0.6) is 0 Å². The van der Waals surface area contributed by atoms with Gasteiger partial charge in [0.05, 0.1) is 12.3 Å². The molecule has 4 aromatic rings. The number of fused-ring (bicyclic) bond motifs is 1. The number of aryl methyl sites for hydroxylation is 1. The van der Waals surface area contributed by atoms with Crippen LogP contribution in [0.4, 0.5) is 17.3 Å². The molecule has 3 aliphatic rings. The molecule has 3 unspecified atom stereocenters. The molecule has 2 aromatic heterocycles. The number of hydrogen-bond donors (Lipinski definition) is 4. The molecule has 4 N–H and O–H groups in total. The summed E-state index contributed by atoms with van der Waals surface area (Å²) in [5.74, 6) is 0.678. The minimum atomic E-state index is -0.211. The molecule has 3 aliphatic heterocycles. The van der Waals surface area contributed by atoms with Crippen molar-refractivity contribution in [2.45, 2.75) is 38.4 Å². The van der Waals surface area contributed by atoms with Gasteiger partial charge in [0, 0.05) is 64.2 Å². The van der Waals surface area contributed by atoms with Crippen molar-refractivity contribution in [3.8, 4) is 11.1 Å². The Bertz CT molecular complexity index is 1770. The molecule has 5 heterocycles. The van der Waals surface area contributed by atoms with E-state index in [1.165, 1.54) is 0 Å². The molecule has 7 rings (SSSR count). The fourth-order valence-electron chi connectivity index (χ4n) is 6.05. The van der Waals surface area contributed by atoms with Crippen LogP contribution in [0.2, 0.25) is 5.02 Å². The Balaban J connectivity index is 1.24. The molecule has 2 fully saturated rings. The second kappa shape index (κ2) is 11.8. The lowest BCUT2D eigenvalue weighted by atomic mass is 9.95. The predicted octanol–water partition coefficient (Wildman–Crippen LogP) is 4.74. The molecular weight excluding hydrogens is 564 g/mol. The first kappa shape index (κ1) is 27.6. The lowest BCUT2D eigenvalue weighted by Crippen LogP contribution is -2.34. The zero-order valence-electron chi connectivity index (χ0n) is 23.8. The maximum Gasteiger partial charge on any atom is 0.260 e. The fraction of sp³-hybridized carbons (Fsp3) is 0.355. The maximum atomic E-state index is 14.2. The number of rotatable bonds is 8. The number of nitrogens with zero attached hydrogens (tertiary/aromatic N) is 6. The van der Waals surface area contributed by atoms with Crippen LogP contribution in [0, 0.1) is 12.8 Å². The Labute approximate surface area is 253 Å². The molecule has 3 atom stereocenters. The molecule has 0 saturated carbocycles. The summed E-state index contributed by atoms with van der Waals surface area (Å²) in [6, 6.07) is 15.8. The van der Waals surface area contributed by atoms with Crippen LogP contribution < -0.4 is 26.8 Å². The van der Waals surface area contributed by atoms with E-state index in [9.17, 15) is 4.79 Å². The Hall–Kier alpha value is -4.19. The third-order valence-corrected chi connectivity index (χ3v) is 8.68. The van der Waals surface area contributed by atoms with Crippen LogP contribution in [-0.2, 0) is 6.54 Å². The molecule has 0 bridgehead atoms. The molecular formula is C31H33ClN10O. The van der Waals surface area contributed by atoms with E-state index in [0.717, 1.165) is 61.7 Å². The third kappa shape index (κ3) is 5.75. The largest absolute Gasteiger partial charge is 0.381 e. The summed E-state index contributed by atoms with van der Waals surface area (Å²) in [6.45, 7) is 5.98. The van der Waals surface area contributed by atoms with Gasteiger partial charge in [0.1, 0.15) is 11.7 Å². The Morgan fingerprint density at radius 3 is 2.58 bits per heavy atom. The maximum absolute atomic E-state index is 14.2. The number of halogens is 1. The van der Waals surface area contributed by atoms with E-state index < -0.39 is 0 Å². The number of pyridine rings is 1. The number of nitrogens with one attached hydrogen (secondary N) is 4. The van der Waals surface area contributed by atoms with Crippen LogP contribution in [0.15, 0.2) is 75.0 Å². The molecule has 0 radical (unpaired) electrons. The number of aromatic nitrogens is 3. The fourth-order valence-corrected chi connectivity index (χ4v) is 6.39. The van der Waals surface area contributed by atoms with E-state index >= 15 is 0 Å². The van der Waals surface area contributed by atoms with Gasteiger partial charge >= 0.3 is 0 Å². The molecule has 0 amide bonds. The molecule has 0 aliphatic carbocycles. The van der Waals surface area contributed by atoms with Gasteiger partial charge in [-0.1, -0.05) is 23.7 Å². The van der Waals surface area contributed by atoms with Crippen molar-refractivity contribution < 1.29 is 0 Å². The Kier molecular flexibility index (Phi) is 7.60. The molecule has 43 heavy (non-hydrogen) atoms. The third-order valence-electron chi connectivity index (χ3n) is 8.37. The first-order valence-corrected chi connectivity index (χ1v) is 15.1. The minimum Gasteiger partial charge on any atom is -0.381 e. The second-order valence-electron chi connectivity index (χ2n) is 11.4. The molecule has 0 spiro atoms. The highest BCUT2D eigenvalue weighted by Gasteiger charge is 2.32. The van der Waals surface area contributed by atoms with Crippen LogP contribution >= 0.6 is 11.6 Å². The molecule has 11 nitrogen and oxygen atoms in total. The van der Waals surface area contributed by atoms with Gasteiger partial charge in [-0.15, -0.1) is 5.10 Å². The van der Waals surface area contributed by atoms with Crippen molar-refractivity contribution in [1.82, 2.24) is 25.2 Å². The van der Waals surface area contributed by atoms with Crippen molar-refractivity contribution in [1.29, 1.82) is 0 Å². The summed E-state index contributed by atoms with van der Waals surface area (Å²) in [4.78, 5) is 23.6. The quantitative estimate of drug-likeness (QED) is 0.231. The monoisotopic (exact) mass is 596 g/mol. The van der Waals surface area contributed by atoms with Gasteiger partial charge in [-0.25, -0.2) is 4.98 Å². The van der Waals surface area contributed by atoms with Crippen LogP contribution in [0.1, 0.15) is 18.4 Å². The molecule has 12 heteroatoms. The second-order valence-corrected chi connectivity index (χ2v) is 11.8. The number of anilines is 3. The van der Waals surface area contributed by atoms with Crippen LogP contribution in [0.3, 0.4) is 0 Å². The Morgan fingerprint density at radius 2 is 1.81 bits per heavy atom. The highest BCUT2D eigenvalue weighted by atomic mass is 35.5. The summed E-state index contributed by atoms with van der Waals surface area (Å²) >= 11 is 6.64. The average Bonchev–Trinajstić information content (AvgIpc) is 3.80. The smallest absolute Gasteiger partial charge is 0.260 e. The lowest BCUT2D eigenvalue weighted by molar-refractivity contribution is 0.528. The summed E-state index contributed by atoms with van der Waals surface area (Å²) in [7, 11) is 0. The normalized spacial score (nSPS) is 21.4. The first-order chi connectivity index (χ1) is 21.0. The molecule has 220 valence electrons. The first-order valence-electron chi connectivity index (χ1n) is 14.7. The van der Waals surface area contributed by atoms with Crippen molar-refractivity contribution in [2.75, 3.05) is 36.8 Å². The van der Waals surface area contributed by atoms with E-state index in [0.29, 0.717) is 39.2 Å². The highest BCUT2D eigenvalue weighted by molar-refractivity contribution is 6.33. The van der Waals surface area contributed by atoms with E-state index in [2.05, 4.69) is 41.7 Å². The van der Waals surface area contributed by atoms with Gasteiger partial charge in [-0.2, -0.15) is 10.1 Å². The van der Waals surface area contributed by atoms with E-state index in [-0.39, 0.29) is 24.1 Å². The molecule has 2 aromatic carbocycles. The average molecular weight is 597 g/mol. The van der Waals surface area contributed by atoms with Crippen molar-refractivity contribution in [3.05, 3.63) is 75.7 Å². The highest BCUT2D eigenvalue weighted by Crippen LogP contribution is 2.30. The van der Waals surface area contributed by atoms with Gasteiger partial charge in [0.25, 0.3) is 5.56 Å². The van der Waals surface area contributed by atoms with Gasteiger partial charge in [-0.3, -0.25) is 9.36 Å². The van der Waals surface area contributed by atoms with Crippen molar-refractivity contribution >= 4 is 45.7 Å². The van der Waals surface area contributed by atoms with Crippen molar-refractivity contribution in [2.24, 2.45) is 21.4 Å². The number of benzene rings is 2. The zero-order valence-corrected chi connectivity index (χ0v) is 24.6. The lowest BCUT2D eigenvalue weighted by Gasteiger charge is -2.18. The minimum absolute atomic E-state index is 0.171. The van der Waals surface area contributed by atoms with Crippen molar-refractivity contribution in [3.63, 3.8) is 0 Å². The summed E-state index contributed by atoms with van der Waals surface area (Å²) < 4.78 is 1.65. The topological polar surface area (TPSA) is 133 Å². The number of hydrogen-bond acceptors (Lipinski definition) is 10. The standard InChI is InChI=1S/C31H33ClN10O/c1-18-2-7-24(26(32)12-18)25-13-20-15-35-31(37-22-5-3-21(4-6-22)36-23-9-11-34-16-23)38-29(20)42(30(25)43)17-27-28(40-41-39-27)19-8-10-33-14-19/h2-7,12-13,15,19,23,28,33-34,36H,8-11,14,16-17H2,1H3,(H,35,37,38). The predicted molar refractivity (Wildman–Crippen MR) is 171 cm³/mol.